The highest BCUT2D eigenvalue weighted by atomic mass is 16.5. The summed E-state index contributed by atoms with van der Waals surface area (Å²) in [6.07, 6.45) is 1.37. The van der Waals surface area contributed by atoms with E-state index in [0.29, 0.717) is 18.4 Å². The molecule has 1 fully saturated rings. The maximum Gasteiger partial charge on any atom is 0.422 e. The van der Waals surface area contributed by atoms with E-state index in [0.717, 1.165) is 5.01 Å². The summed E-state index contributed by atoms with van der Waals surface area (Å²) < 4.78 is 5.54. The third-order valence-electron chi connectivity index (χ3n) is 3.22. The van der Waals surface area contributed by atoms with E-state index in [1.54, 1.807) is 13.1 Å². The van der Waals surface area contributed by atoms with Crippen molar-refractivity contribution in [2.45, 2.75) is 38.3 Å². The van der Waals surface area contributed by atoms with Crippen LogP contribution in [0, 0.1) is 0 Å². The Balaban J connectivity index is 2.21. The number of hydrogen-bond donors (Lipinski definition) is 2. The zero-order valence-corrected chi connectivity index (χ0v) is 10.5. The van der Waals surface area contributed by atoms with Crippen molar-refractivity contribution >= 4 is 6.03 Å². The second-order valence-electron chi connectivity index (χ2n) is 4.50. The van der Waals surface area contributed by atoms with Gasteiger partial charge in [-0.1, -0.05) is 0 Å². The van der Waals surface area contributed by atoms with Gasteiger partial charge in [0, 0.05) is 11.8 Å². The number of ether oxygens (including phenoxy) is 1. The second kappa shape index (κ2) is 5.45. The second-order valence-corrected chi connectivity index (χ2v) is 4.50. The topological polar surface area (TPSA) is 128 Å². The van der Waals surface area contributed by atoms with E-state index in [1.165, 1.54) is 4.90 Å². The molecule has 1 saturated heterocycles. The highest BCUT2D eigenvalue weighted by molar-refractivity contribution is 5.77. The number of aliphatic hydroxyl groups is 1. The normalized spacial score (nSPS) is 31.2. The number of nitrogens with zero attached hydrogens (tertiary/aromatic N) is 5. The van der Waals surface area contributed by atoms with Crippen molar-refractivity contribution in [1.82, 2.24) is 9.91 Å². The molecular formula is C10H16N6O3. The molecule has 2 amide bonds. The first kappa shape index (κ1) is 13.6. The summed E-state index contributed by atoms with van der Waals surface area (Å²) in [6.45, 7) is 1.66. The van der Waals surface area contributed by atoms with Gasteiger partial charge >= 0.3 is 6.03 Å². The number of rotatable bonds is 3. The third-order valence-corrected chi connectivity index (χ3v) is 3.22. The van der Waals surface area contributed by atoms with Gasteiger partial charge in [-0.15, -0.1) is 10.5 Å². The van der Waals surface area contributed by atoms with Crippen LogP contribution in [0.3, 0.4) is 0 Å². The van der Waals surface area contributed by atoms with Gasteiger partial charge in [0.1, 0.15) is 6.23 Å². The zero-order valence-electron chi connectivity index (χ0n) is 10.5. The van der Waals surface area contributed by atoms with Gasteiger partial charge in [-0.3, -0.25) is 10.6 Å². The SMILES string of the molecule is CC1=CN([C@H]2CC[C@@H](CO)O2)C(=O)N(N=[N+]=[N-])C1N. The van der Waals surface area contributed by atoms with Crippen molar-refractivity contribution in [3.8, 4) is 0 Å². The van der Waals surface area contributed by atoms with Crippen molar-refractivity contribution in [3.63, 3.8) is 0 Å². The van der Waals surface area contributed by atoms with E-state index >= 15 is 0 Å². The van der Waals surface area contributed by atoms with Crippen molar-refractivity contribution in [3.05, 3.63) is 22.2 Å². The number of carbonyl (C=O) groups is 1. The Labute approximate surface area is 109 Å². The van der Waals surface area contributed by atoms with Crippen LogP contribution in [0.1, 0.15) is 19.8 Å². The molecule has 2 heterocycles. The number of hydrogen-bond acceptors (Lipinski definition) is 5. The summed E-state index contributed by atoms with van der Waals surface area (Å²) in [7, 11) is 0. The Morgan fingerprint density at radius 2 is 2.42 bits per heavy atom. The molecular weight excluding hydrogens is 252 g/mol. The first-order chi connectivity index (χ1) is 9.08. The highest BCUT2D eigenvalue weighted by Crippen LogP contribution is 2.27. The summed E-state index contributed by atoms with van der Waals surface area (Å²) >= 11 is 0. The molecule has 2 rings (SSSR count). The van der Waals surface area contributed by atoms with E-state index in [2.05, 4.69) is 10.1 Å². The van der Waals surface area contributed by atoms with Crippen molar-refractivity contribution in [1.29, 1.82) is 0 Å². The largest absolute Gasteiger partial charge is 0.422 e. The minimum absolute atomic E-state index is 0.0825. The quantitative estimate of drug-likeness (QED) is 0.442. The molecule has 104 valence electrons. The number of aliphatic hydroxyl groups excluding tert-OH is 1. The monoisotopic (exact) mass is 268 g/mol. The lowest BCUT2D eigenvalue weighted by Gasteiger charge is -2.33. The van der Waals surface area contributed by atoms with Crippen molar-refractivity contribution in [2.75, 3.05) is 6.61 Å². The molecule has 3 atom stereocenters. The predicted molar refractivity (Wildman–Crippen MR) is 64.9 cm³/mol. The fraction of sp³-hybridized carbons (Fsp3) is 0.700. The summed E-state index contributed by atoms with van der Waals surface area (Å²) in [5.74, 6) is 0. The van der Waals surface area contributed by atoms with E-state index in [-0.39, 0.29) is 12.7 Å². The summed E-state index contributed by atoms with van der Waals surface area (Å²) in [5, 5.41) is 13.2. The summed E-state index contributed by atoms with van der Waals surface area (Å²) in [5.41, 5.74) is 14.9. The molecule has 0 bridgehead atoms. The lowest BCUT2D eigenvalue weighted by atomic mass is 10.2. The molecule has 0 aliphatic carbocycles. The first-order valence-electron chi connectivity index (χ1n) is 5.95. The molecule has 0 radical (unpaired) electrons. The van der Waals surface area contributed by atoms with Gasteiger partial charge in [-0.05, 0) is 25.0 Å². The smallest absolute Gasteiger partial charge is 0.394 e. The summed E-state index contributed by atoms with van der Waals surface area (Å²) in [4.78, 5) is 16.1. The maximum atomic E-state index is 12.2. The lowest BCUT2D eigenvalue weighted by Crippen LogP contribution is -2.54. The van der Waals surface area contributed by atoms with Gasteiger partial charge in [0.25, 0.3) is 0 Å². The number of azide groups is 1. The number of amides is 2. The number of carbonyl (C=O) groups excluding carboxylic acids is 1. The van der Waals surface area contributed by atoms with Gasteiger partial charge in [0.15, 0.2) is 6.17 Å². The number of urea groups is 1. The van der Waals surface area contributed by atoms with E-state index in [4.69, 9.17) is 21.1 Å². The van der Waals surface area contributed by atoms with Crippen LogP contribution in [-0.4, -0.2) is 46.2 Å². The van der Waals surface area contributed by atoms with Gasteiger partial charge in [0.05, 0.1) is 12.7 Å². The summed E-state index contributed by atoms with van der Waals surface area (Å²) in [6, 6.07) is -0.528. The Bertz CT molecular complexity index is 447. The standard InChI is InChI=1S/C10H16N6O3/c1-6-4-15(8-3-2-7(5-17)19-8)10(18)16(9(6)11)14-13-12/h4,7-9,17H,2-3,5,11H2,1H3/t7-,8+,9?/m0/s1. The van der Waals surface area contributed by atoms with Gasteiger partial charge in [0.2, 0.25) is 0 Å². The molecule has 0 aromatic rings. The van der Waals surface area contributed by atoms with Gasteiger partial charge in [-0.25, -0.2) is 4.79 Å². The van der Waals surface area contributed by atoms with Crippen LogP contribution in [0.25, 0.3) is 10.4 Å². The van der Waals surface area contributed by atoms with E-state index in [1.807, 2.05) is 0 Å². The molecule has 0 saturated carbocycles. The first-order valence-corrected chi connectivity index (χ1v) is 5.95. The zero-order chi connectivity index (χ0) is 14.0. The van der Waals surface area contributed by atoms with E-state index < -0.39 is 18.4 Å². The maximum absolute atomic E-state index is 12.2. The van der Waals surface area contributed by atoms with Crippen LogP contribution in [0.5, 0.6) is 0 Å². The molecule has 3 N–H and O–H groups in total. The lowest BCUT2D eigenvalue weighted by molar-refractivity contribution is -0.0440. The Morgan fingerprint density at radius 1 is 1.68 bits per heavy atom. The molecule has 0 aromatic carbocycles. The van der Waals surface area contributed by atoms with Gasteiger partial charge in [-0.2, -0.15) is 4.91 Å². The van der Waals surface area contributed by atoms with Crippen LogP contribution in [-0.2, 0) is 4.74 Å². The fourth-order valence-corrected chi connectivity index (χ4v) is 2.15. The molecule has 19 heavy (non-hydrogen) atoms. The molecule has 1 unspecified atom stereocenters. The molecule has 0 aromatic heterocycles. The van der Waals surface area contributed by atoms with Gasteiger partial charge < -0.3 is 9.84 Å². The van der Waals surface area contributed by atoms with E-state index in [9.17, 15) is 4.79 Å². The Morgan fingerprint density at radius 3 is 3.00 bits per heavy atom. The Kier molecular flexibility index (Phi) is 3.91. The highest BCUT2D eigenvalue weighted by Gasteiger charge is 2.41. The number of nitrogens with two attached hydrogens (primary N) is 1. The average Bonchev–Trinajstić information content (AvgIpc) is 2.87. The molecule has 9 heteroatoms. The van der Waals surface area contributed by atoms with Crippen LogP contribution >= 0.6 is 0 Å². The predicted octanol–water partition coefficient (Wildman–Crippen LogP) is 0.635. The van der Waals surface area contributed by atoms with Crippen LogP contribution in [0.15, 0.2) is 17.0 Å². The third kappa shape index (κ3) is 2.49. The van der Waals surface area contributed by atoms with Crippen LogP contribution in [0.2, 0.25) is 0 Å². The molecule has 2 aliphatic heterocycles. The van der Waals surface area contributed by atoms with Crippen molar-refractivity contribution < 1.29 is 14.6 Å². The van der Waals surface area contributed by atoms with Crippen LogP contribution < -0.4 is 5.73 Å². The van der Waals surface area contributed by atoms with Crippen molar-refractivity contribution in [2.24, 2.45) is 11.0 Å². The minimum atomic E-state index is -0.769. The molecule has 9 nitrogen and oxygen atoms in total. The average molecular weight is 268 g/mol. The minimum Gasteiger partial charge on any atom is -0.394 e. The molecule has 0 spiro atoms. The molecule has 2 aliphatic rings. The Hall–Kier alpha value is -1.80. The van der Waals surface area contributed by atoms with Crippen LogP contribution in [0.4, 0.5) is 4.79 Å². The fourth-order valence-electron chi connectivity index (χ4n) is 2.15.